The smallest absolute Gasteiger partial charge is 0.263 e. The molecule has 2 N–H and O–H groups in total. The van der Waals surface area contributed by atoms with E-state index in [1.54, 1.807) is 0 Å². The summed E-state index contributed by atoms with van der Waals surface area (Å²) in [6, 6.07) is 26.1. The van der Waals surface area contributed by atoms with E-state index in [9.17, 15) is 15.0 Å². The van der Waals surface area contributed by atoms with Crippen molar-refractivity contribution in [3.8, 4) is 5.75 Å². The first-order valence-electron chi connectivity index (χ1n) is 11.0. The molecule has 4 aromatic rings. The highest BCUT2D eigenvalue weighted by atomic mass is 16.7. The number of ether oxygens (including phenoxy) is 2. The molecule has 5 heteroatoms. The molecule has 1 aliphatic rings. The van der Waals surface area contributed by atoms with Crippen LogP contribution < -0.4 is 4.74 Å². The Kier molecular flexibility index (Phi) is 5.92. The zero-order valence-corrected chi connectivity index (χ0v) is 17.9. The van der Waals surface area contributed by atoms with Crippen molar-refractivity contribution < 1.29 is 24.5 Å². The van der Waals surface area contributed by atoms with Gasteiger partial charge in [0.2, 0.25) is 5.78 Å². The third-order valence-electron chi connectivity index (χ3n) is 5.93. The molecule has 0 aliphatic carbocycles. The van der Waals surface area contributed by atoms with Gasteiger partial charge in [0.15, 0.2) is 0 Å². The fourth-order valence-corrected chi connectivity index (χ4v) is 4.15. The Morgan fingerprint density at radius 2 is 1.64 bits per heavy atom. The second-order valence-electron chi connectivity index (χ2n) is 8.19. The van der Waals surface area contributed by atoms with Gasteiger partial charge in [-0.05, 0) is 27.8 Å². The lowest BCUT2D eigenvalue weighted by Gasteiger charge is -2.31. The summed E-state index contributed by atoms with van der Waals surface area (Å²) in [4.78, 5) is 12.5. The number of aliphatic hydroxyl groups excluding tert-OH is 2. The number of aliphatic hydroxyl groups is 2. The van der Waals surface area contributed by atoms with E-state index in [-0.39, 0.29) is 13.0 Å². The molecule has 0 bridgehead atoms. The first kappa shape index (κ1) is 21.3. The Morgan fingerprint density at radius 3 is 2.45 bits per heavy atom. The summed E-state index contributed by atoms with van der Waals surface area (Å²) in [5.41, 5.74) is 1.81. The van der Waals surface area contributed by atoms with E-state index in [2.05, 4.69) is 30.3 Å². The largest absolute Gasteiger partial charge is 0.456 e. The van der Waals surface area contributed by atoms with Gasteiger partial charge in [0.05, 0.1) is 12.7 Å². The van der Waals surface area contributed by atoms with Crippen molar-refractivity contribution in [2.24, 2.45) is 0 Å². The highest BCUT2D eigenvalue weighted by molar-refractivity contribution is 5.94. The van der Waals surface area contributed by atoms with Gasteiger partial charge in [-0.15, -0.1) is 0 Å². The summed E-state index contributed by atoms with van der Waals surface area (Å²) >= 11 is 0. The first-order chi connectivity index (χ1) is 16.1. The molecule has 5 rings (SSSR count). The van der Waals surface area contributed by atoms with E-state index >= 15 is 0 Å². The van der Waals surface area contributed by atoms with Crippen molar-refractivity contribution in [3.05, 3.63) is 90.0 Å². The van der Waals surface area contributed by atoms with Crippen LogP contribution in [-0.2, 0) is 9.53 Å². The highest BCUT2D eigenvalue weighted by Crippen LogP contribution is 2.34. The van der Waals surface area contributed by atoms with Crippen LogP contribution in [0.3, 0.4) is 0 Å². The lowest BCUT2D eigenvalue weighted by Crippen LogP contribution is -2.48. The van der Waals surface area contributed by atoms with Crippen molar-refractivity contribution in [2.45, 2.75) is 24.9 Å². The first-order valence-corrected chi connectivity index (χ1v) is 11.0. The quantitative estimate of drug-likeness (QED) is 0.445. The van der Waals surface area contributed by atoms with E-state index in [1.165, 1.54) is 5.39 Å². The molecular formula is C28H24O5. The molecule has 3 atom stereocenters. The number of carbonyl (C=O) groups excluding carboxylic acids is 1. The molecule has 1 fully saturated rings. The van der Waals surface area contributed by atoms with Gasteiger partial charge in [0.1, 0.15) is 11.9 Å². The van der Waals surface area contributed by atoms with E-state index in [4.69, 9.17) is 9.47 Å². The fraction of sp³-hybridized carbons (Fsp3) is 0.179. The van der Waals surface area contributed by atoms with Crippen LogP contribution >= 0.6 is 0 Å². The number of hydrogen-bond donors (Lipinski definition) is 2. The number of hydrogen-bond acceptors (Lipinski definition) is 5. The molecule has 1 saturated heterocycles. The number of rotatable bonds is 5. The maximum absolute atomic E-state index is 12.5. The maximum atomic E-state index is 12.5. The molecule has 33 heavy (non-hydrogen) atoms. The van der Waals surface area contributed by atoms with Crippen LogP contribution in [0.5, 0.6) is 5.75 Å². The minimum Gasteiger partial charge on any atom is -0.456 e. The summed E-state index contributed by atoms with van der Waals surface area (Å²) in [7, 11) is 0. The number of carbonyl (C=O) groups is 1. The standard InChI is InChI=1S/C28H24O5/c29-17-23-16-25(30)26(31)28(32-23)33-27-21(14-13-20-6-3-4-8-24(20)27)12-10-18-9-11-19-5-1-2-7-22(19)15-18/h1-15,23,25,28-30H,16-17H2/b12-10+/t23-,25-,28-/m0/s1. The van der Waals surface area contributed by atoms with Crippen molar-refractivity contribution in [1.29, 1.82) is 0 Å². The minimum atomic E-state index is -1.29. The van der Waals surface area contributed by atoms with Gasteiger partial charge in [-0.3, -0.25) is 4.79 Å². The van der Waals surface area contributed by atoms with Crippen molar-refractivity contribution in [2.75, 3.05) is 6.61 Å². The normalized spacial score (nSPS) is 21.2. The molecule has 0 aromatic heterocycles. The molecule has 4 aromatic carbocycles. The highest BCUT2D eigenvalue weighted by Gasteiger charge is 2.38. The summed E-state index contributed by atoms with van der Waals surface area (Å²) in [5, 5.41) is 23.7. The van der Waals surface area contributed by atoms with Crippen LogP contribution in [0.1, 0.15) is 17.5 Å². The topological polar surface area (TPSA) is 76.0 Å². The van der Waals surface area contributed by atoms with Crippen LogP contribution in [0.2, 0.25) is 0 Å². The molecule has 0 amide bonds. The number of ketones is 1. The molecule has 166 valence electrons. The van der Waals surface area contributed by atoms with E-state index in [0.717, 1.165) is 27.3 Å². The SMILES string of the molecule is O=C1[C@H](Oc2c(/C=C/c3ccc4ccccc4c3)ccc3ccccc23)O[C@H](CO)C[C@@H]1O. The van der Waals surface area contributed by atoms with Crippen molar-refractivity contribution in [3.63, 3.8) is 0 Å². The van der Waals surface area contributed by atoms with Crippen LogP contribution in [0, 0.1) is 0 Å². The van der Waals surface area contributed by atoms with Gasteiger partial charge in [0, 0.05) is 17.4 Å². The monoisotopic (exact) mass is 440 g/mol. The predicted molar refractivity (Wildman–Crippen MR) is 129 cm³/mol. The number of Topliss-reactive ketones (excluding diaryl/α,β-unsaturated/α-hetero) is 1. The lowest BCUT2D eigenvalue weighted by molar-refractivity contribution is -0.191. The average Bonchev–Trinajstić information content (AvgIpc) is 2.85. The molecule has 0 saturated carbocycles. The molecule has 0 spiro atoms. The summed E-state index contributed by atoms with van der Waals surface area (Å²) in [5.74, 6) is -0.0497. The fourth-order valence-electron chi connectivity index (χ4n) is 4.15. The van der Waals surface area contributed by atoms with E-state index in [0.29, 0.717) is 5.75 Å². The Bertz CT molecular complexity index is 1340. The summed E-state index contributed by atoms with van der Waals surface area (Å²) in [6.07, 6.45) is 0.822. The lowest BCUT2D eigenvalue weighted by atomic mass is 10.0. The Hall–Kier alpha value is -3.51. The van der Waals surface area contributed by atoms with Crippen molar-refractivity contribution >= 4 is 39.5 Å². The summed E-state index contributed by atoms with van der Waals surface area (Å²) in [6.45, 7) is -0.297. The van der Waals surface area contributed by atoms with Crippen LogP contribution in [-0.4, -0.2) is 41.1 Å². The molecule has 5 nitrogen and oxygen atoms in total. The van der Waals surface area contributed by atoms with Gasteiger partial charge in [-0.2, -0.15) is 0 Å². The van der Waals surface area contributed by atoms with Gasteiger partial charge < -0.3 is 19.7 Å². The zero-order valence-electron chi connectivity index (χ0n) is 17.9. The number of fused-ring (bicyclic) bond motifs is 2. The van der Waals surface area contributed by atoms with Crippen LogP contribution in [0.25, 0.3) is 33.7 Å². The molecular weight excluding hydrogens is 416 g/mol. The van der Waals surface area contributed by atoms with Crippen molar-refractivity contribution in [1.82, 2.24) is 0 Å². The average molecular weight is 440 g/mol. The zero-order chi connectivity index (χ0) is 22.8. The summed E-state index contributed by atoms with van der Waals surface area (Å²) < 4.78 is 11.7. The minimum absolute atomic E-state index is 0.0550. The maximum Gasteiger partial charge on any atom is 0.263 e. The van der Waals surface area contributed by atoms with E-state index < -0.39 is 24.3 Å². The van der Waals surface area contributed by atoms with Crippen LogP contribution in [0.4, 0.5) is 0 Å². The van der Waals surface area contributed by atoms with Gasteiger partial charge in [-0.1, -0.05) is 84.9 Å². The van der Waals surface area contributed by atoms with Gasteiger partial charge in [-0.25, -0.2) is 0 Å². The Morgan fingerprint density at radius 1 is 0.909 bits per heavy atom. The predicted octanol–water partition coefficient (Wildman–Crippen LogP) is 4.58. The second-order valence-corrected chi connectivity index (χ2v) is 8.19. The Labute approximate surface area is 191 Å². The Balaban J connectivity index is 1.52. The molecule has 0 unspecified atom stereocenters. The third-order valence-corrected chi connectivity index (χ3v) is 5.93. The van der Waals surface area contributed by atoms with Crippen LogP contribution in [0.15, 0.2) is 78.9 Å². The molecule has 1 heterocycles. The second kappa shape index (κ2) is 9.16. The third kappa shape index (κ3) is 4.39. The van der Waals surface area contributed by atoms with Gasteiger partial charge in [0.25, 0.3) is 6.29 Å². The molecule has 0 radical (unpaired) electrons. The van der Waals surface area contributed by atoms with Gasteiger partial charge >= 0.3 is 0 Å². The number of benzene rings is 4. The molecule has 1 aliphatic heterocycles. The van der Waals surface area contributed by atoms with E-state index in [1.807, 2.05) is 60.7 Å².